The number of fused-ring (bicyclic) bond motifs is 2. The van der Waals surface area contributed by atoms with Gasteiger partial charge in [0.25, 0.3) is 0 Å². The molecule has 42 heavy (non-hydrogen) atoms. The van der Waals surface area contributed by atoms with Crippen LogP contribution in [-0.2, 0) is 18.6 Å². The average molecular weight is 628 g/mol. The molecule has 0 unspecified atom stereocenters. The first-order chi connectivity index (χ1) is 19.1. The number of aromatic nitrogens is 8. The van der Waals surface area contributed by atoms with Gasteiger partial charge in [-0.15, -0.1) is 0 Å². The van der Waals surface area contributed by atoms with Gasteiger partial charge < -0.3 is 53.9 Å². The molecule has 0 saturated carbocycles. The van der Waals surface area contributed by atoms with Crippen LogP contribution >= 0.6 is 7.82 Å². The van der Waals surface area contributed by atoms with Gasteiger partial charge in [0.2, 0.25) is 0 Å². The molecule has 7 N–H and O–H groups in total. The standard InChI is InChI=1S/C10H13N4O7P.C10H12N4O4.2Na/c15-8-5(2-20-22(17,18)19)21-10(9(8)16)7-6-4(13-14-7)1-11-3-12-6;15-2-5-8(16)9(17)10(18-5)7-6-4(13-14-7)1-11-3-12-6;;/h1,3,5,8-10,15-16H,2H2,(H,13,14)(H2,17,18,19);1,3,5,8-10,15-17H,2H2,(H,13,14);;/q;;2*+1/p-2/t2*5-,8-,9-,10+;;/m11../s1. The zero-order valence-corrected chi connectivity index (χ0v) is 27.1. The van der Waals surface area contributed by atoms with Crippen molar-refractivity contribution in [3.05, 3.63) is 36.4 Å². The largest absolute Gasteiger partial charge is 1.00 e. The number of nitrogens with one attached hydrogen (secondary N) is 2. The molecule has 6 rings (SSSR count). The molecule has 2 fully saturated rings. The van der Waals surface area contributed by atoms with Gasteiger partial charge in [0.15, 0.2) is 0 Å². The Kier molecular flexibility index (Phi) is 12.5. The summed E-state index contributed by atoms with van der Waals surface area (Å²) in [7, 11) is -5.20. The number of phosphoric ester groups is 1. The van der Waals surface area contributed by atoms with Crippen LogP contribution in [0, 0.1) is 0 Å². The molecule has 0 radical (unpaired) electrons. The van der Waals surface area contributed by atoms with Gasteiger partial charge in [0.1, 0.15) is 83.6 Å². The minimum absolute atomic E-state index is 0. The van der Waals surface area contributed by atoms with Gasteiger partial charge in [0, 0.05) is 0 Å². The molecule has 2 aliphatic rings. The Morgan fingerprint density at radius 2 is 1.26 bits per heavy atom. The van der Waals surface area contributed by atoms with Crippen LogP contribution in [0.1, 0.15) is 23.6 Å². The molecule has 0 bridgehead atoms. The summed E-state index contributed by atoms with van der Waals surface area (Å²) in [4.78, 5) is 36.6. The van der Waals surface area contributed by atoms with Crippen molar-refractivity contribution in [1.29, 1.82) is 0 Å². The normalized spacial score (nSPS) is 29.1. The van der Waals surface area contributed by atoms with E-state index in [0.717, 1.165) is 0 Å². The maximum atomic E-state index is 10.5. The molecular weight excluding hydrogens is 605 g/mol. The monoisotopic (exact) mass is 628 g/mol. The summed E-state index contributed by atoms with van der Waals surface area (Å²) < 4.78 is 25.3. The van der Waals surface area contributed by atoms with Crippen molar-refractivity contribution >= 4 is 29.9 Å². The first kappa shape index (κ1) is 35.4. The summed E-state index contributed by atoms with van der Waals surface area (Å²) in [5, 5.41) is 61.8. The van der Waals surface area contributed by atoms with Crippen molar-refractivity contribution in [2.75, 3.05) is 13.2 Å². The Balaban J connectivity index is 0.000000224. The van der Waals surface area contributed by atoms with E-state index in [1.807, 2.05) is 0 Å². The third kappa shape index (κ3) is 7.41. The summed E-state index contributed by atoms with van der Waals surface area (Å²) in [6.45, 7) is -1.06. The van der Waals surface area contributed by atoms with E-state index in [-0.39, 0.29) is 65.7 Å². The van der Waals surface area contributed by atoms with Crippen molar-refractivity contribution < 1.29 is 113 Å². The first-order valence-corrected chi connectivity index (χ1v) is 13.1. The number of phosphoric acid groups is 1. The predicted molar refractivity (Wildman–Crippen MR) is 123 cm³/mol. The molecule has 4 aromatic heterocycles. The fourth-order valence-corrected chi connectivity index (χ4v) is 4.72. The minimum atomic E-state index is -5.20. The molecule has 0 spiro atoms. The van der Waals surface area contributed by atoms with E-state index in [4.69, 9.17) is 14.6 Å². The third-order valence-corrected chi connectivity index (χ3v) is 6.83. The Morgan fingerprint density at radius 1 is 0.810 bits per heavy atom. The quantitative estimate of drug-likeness (QED) is 0.0770. The second-order valence-electron chi connectivity index (χ2n) is 8.87. The van der Waals surface area contributed by atoms with E-state index in [1.165, 1.54) is 25.0 Å². The molecule has 2 saturated heterocycles. The molecule has 4 aromatic rings. The molecule has 2 aliphatic heterocycles. The number of hydrogen-bond donors (Lipinski definition) is 7. The van der Waals surface area contributed by atoms with E-state index in [1.54, 1.807) is 0 Å². The summed E-state index contributed by atoms with van der Waals surface area (Å²) >= 11 is 0. The first-order valence-electron chi connectivity index (χ1n) is 11.7. The number of hydrogen-bond acceptors (Lipinski definition) is 17. The van der Waals surface area contributed by atoms with Crippen LogP contribution in [0.3, 0.4) is 0 Å². The van der Waals surface area contributed by atoms with Crippen LogP contribution in [-0.4, -0.2) is 116 Å². The van der Waals surface area contributed by atoms with Crippen LogP contribution in [0.25, 0.3) is 22.1 Å². The van der Waals surface area contributed by atoms with Gasteiger partial charge >= 0.3 is 59.1 Å². The Labute approximate surface area is 279 Å². The molecule has 0 amide bonds. The molecule has 8 atom stereocenters. The Morgan fingerprint density at radius 3 is 1.69 bits per heavy atom. The number of ether oxygens (including phenoxy) is 2. The van der Waals surface area contributed by atoms with Crippen molar-refractivity contribution in [2.45, 2.75) is 48.8 Å². The van der Waals surface area contributed by atoms with Crippen LogP contribution in [0.5, 0.6) is 0 Å². The maximum absolute atomic E-state index is 10.5. The van der Waals surface area contributed by atoms with Crippen molar-refractivity contribution in [3.63, 3.8) is 0 Å². The zero-order valence-electron chi connectivity index (χ0n) is 22.2. The van der Waals surface area contributed by atoms with Gasteiger partial charge in [-0.05, 0) is 0 Å². The number of rotatable bonds is 6. The van der Waals surface area contributed by atoms with Crippen LogP contribution in [0.4, 0.5) is 0 Å². The number of aliphatic hydroxyl groups is 5. The molecule has 19 nitrogen and oxygen atoms in total. The number of aliphatic hydroxyl groups excluding tert-OH is 5. The van der Waals surface area contributed by atoms with E-state index in [9.17, 15) is 34.8 Å². The second-order valence-corrected chi connectivity index (χ2v) is 10.0. The number of aromatic amines is 2. The number of H-pyrrole nitrogens is 2. The molecule has 0 aliphatic carbocycles. The van der Waals surface area contributed by atoms with Crippen molar-refractivity contribution in [1.82, 2.24) is 40.3 Å². The van der Waals surface area contributed by atoms with Gasteiger partial charge in [-0.25, -0.2) is 19.9 Å². The van der Waals surface area contributed by atoms with Gasteiger partial charge in [-0.3, -0.25) is 10.2 Å². The van der Waals surface area contributed by atoms with Crippen LogP contribution < -0.4 is 68.9 Å². The fraction of sp³-hybridized carbons (Fsp3) is 0.500. The predicted octanol–water partition coefficient (Wildman–Crippen LogP) is -10.1. The van der Waals surface area contributed by atoms with E-state index in [2.05, 4.69) is 44.9 Å². The van der Waals surface area contributed by atoms with Gasteiger partial charge in [0.05, 0.1) is 44.8 Å². The third-order valence-electron chi connectivity index (χ3n) is 6.36. The zero-order chi connectivity index (χ0) is 28.6. The average Bonchev–Trinajstić information content (AvgIpc) is 3.69. The summed E-state index contributed by atoms with van der Waals surface area (Å²) in [6, 6.07) is 0. The van der Waals surface area contributed by atoms with Gasteiger partial charge in [-0.2, -0.15) is 10.2 Å². The Bertz CT molecular complexity index is 1510. The molecule has 0 aromatic carbocycles. The van der Waals surface area contributed by atoms with E-state index >= 15 is 0 Å². The van der Waals surface area contributed by atoms with Crippen molar-refractivity contribution in [3.8, 4) is 0 Å². The molecule has 216 valence electrons. The maximum Gasteiger partial charge on any atom is 1.00 e. The summed E-state index contributed by atoms with van der Waals surface area (Å²) in [6.07, 6.45) is -3.27. The topological polar surface area (TPSA) is 301 Å². The SMILES string of the molecule is O=P([O-])([O-])OC[C@H]1O[C@@H](c2[nH]nc3cncnc23)[C@H](O)[C@@H]1O.OC[C@H]1O[C@@H](c2[nH]nc3cncnc23)[C@H](O)[C@@H]1O.[Na+].[Na+]. The molecular formula is C20H23N8Na2O11P. The number of nitrogens with zero attached hydrogens (tertiary/aromatic N) is 6. The fourth-order valence-electron chi connectivity index (χ4n) is 4.39. The van der Waals surface area contributed by atoms with Gasteiger partial charge in [-0.1, -0.05) is 0 Å². The van der Waals surface area contributed by atoms with E-state index < -0.39 is 63.3 Å². The second kappa shape index (κ2) is 14.8. The summed E-state index contributed by atoms with van der Waals surface area (Å²) in [5.41, 5.74) is 2.68. The van der Waals surface area contributed by atoms with E-state index in [0.29, 0.717) is 33.5 Å². The molecule has 6 heterocycles. The van der Waals surface area contributed by atoms with Crippen molar-refractivity contribution in [2.24, 2.45) is 0 Å². The Hall–Kier alpha value is -1.07. The van der Waals surface area contributed by atoms with Crippen LogP contribution in [0.2, 0.25) is 0 Å². The molecule has 22 heteroatoms. The summed E-state index contributed by atoms with van der Waals surface area (Å²) in [5.74, 6) is 0. The van der Waals surface area contributed by atoms with Crippen LogP contribution in [0.15, 0.2) is 25.0 Å². The minimum Gasteiger partial charge on any atom is -0.790 e. The smallest absolute Gasteiger partial charge is 0.790 e.